The first-order chi connectivity index (χ1) is 18.1. The van der Waals surface area contributed by atoms with Gasteiger partial charge in [-0.1, -0.05) is 63.3 Å². The standard InChI is InChI=1S/C31H46O7/c1-20-15-21(2)17-26(33)30-28(38-30)18-27(25(32)12-11-24-19-31(3,4)13-14-35-24)37-29(34)10-6-8-22-7-5-9-23(16-20)36-22/h5-7,10-12,20,22-28,30,32-33H,2,8-9,13-19H2,1,3-4H3/b10-6-,12-11+/t20?,22?,23-,24?,25?,26-,27?,28-,30?/m0/s1. The summed E-state index contributed by atoms with van der Waals surface area (Å²) in [5, 5.41) is 21.8. The fraction of sp³-hybridized carbons (Fsp3) is 0.710. The fourth-order valence-electron chi connectivity index (χ4n) is 5.87. The van der Waals surface area contributed by atoms with Crippen molar-refractivity contribution < 1.29 is 34.0 Å². The molecule has 4 heterocycles. The van der Waals surface area contributed by atoms with Crippen molar-refractivity contribution in [2.75, 3.05) is 6.61 Å². The molecule has 212 valence electrons. The van der Waals surface area contributed by atoms with Gasteiger partial charge in [0.1, 0.15) is 18.3 Å². The summed E-state index contributed by atoms with van der Waals surface area (Å²) >= 11 is 0. The van der Waals surface area contributed by atoms with Crippen LogP contribution in [0.15, 0.2) is 48.6 Å². The maximum Gasteiger partial charge on any atom is 0.330 e. The van der Waals surface area contributed by atoms with Gasteiger partial charge in [0.05, 0.1) is 30.5 Å². The average Bonchev–Trinajstić information content (AvgIpc) is 3.60. The predicted molar refractivity (Wildman–Crippen MR) is 145 cm³/mol. The number of cyclic esters (lactones) is 1. The highest BCUT2D eigenvalue weighted by Crippen LogP contribution is 2.35. The van der Waals surface area contributed by atoms with E-state index >= 15 is 0 Å². The van der Waals surface area contributed by atoms with E-state index in [-0.39, 0.29) is 35.9 Å². The van der Waals surface area contributed by atoms with Crippen LogP contribution in [0, 0.1) is 11.3 Å². The number of ether oxygens (including phenoxy) is 4. The quantitative estimate of drug-likeness (QED) is 0.313. The molecule has 2 fully saturated rings. The van der Waals surface area contributed by atoms with Crippen molar-refractivity contribution in [3.05, 3.63) is 48.6 Å². The van der Waals surface area contributed by atoms with Gasteiger partial charge >= 0.3 is 5.97 Å². The Labute approximate surface area is 227 Å². The SMILES string of the molecule is C=C1CC(C)C[C@@H]2CC=CC(C/C=C\C(=O)OC(C(O)/C=C/C3CC(C)(C)CCO3)C[C@@H]3OC3[C@@H](O)C1)O2. The Hall–Kier alpha value is -1.77. The molecule has 0 saturated carbocycles. The third kappa shape index (κ3) is 8.88. The topological polar surface area (TPSA) is 97.8 Å². The monoisotopic (exact) mass is 530 g/mol. The number of fused-ring (bicyclic) bond motifs is 3. The van der Waals surface area contributed by atoms with Gasteiger partial charge in [-0.3, -0.25) is 0 Å². The molecule has 0 aliphatic carbocycles. The summed E-state index contributed by atoms with van der Waals surface area (Å²) in [5.74, 6) is -0.132. The second-order valence-electron chi connectivity index (χ2n) is 12.4. The van der Waals surface area contributed by atoms with Crippen LogP contribution < -0.4 is 0 Å². The van der Waals surface area contributed by atoms with Crippen LogP contribution in [0.1, 0.15) is 72.1 Å². The van der Waals surface area contributed by atoms with E-state index in [1.165, 1.54) is 6.08 Å². The van der Waals surface area contributed by atoms with Crippen LogP contribution in [0.25, 0.3) is 0 Å². The molecule has 0 radical (unpaired) electrons. The highest BCUT2D eigenvalue weighted by molar-refractivity contribution is 5.82. The van der Waals surface area contributed by atoms with Crippen LogP contribution in [-0.4, -0.2) is 71.6 Å². The van der Waals surface area contributed by atoms with Crippen molar-refractivity contribution in [3.63, 3.8) is 0 Å². The molecule has 4 aliphatic rings. The van der Waals surface area contributed by atoms with Crippen molar-refractivity contribution in [2.45, 2.75) is 121 Å². The van der Waals surface area contributed by atoms with Gasteiger partial charge in [-0.05, 0) is 56.3 Å². The fourth-order valence-corrected chi connectivity index (χ4v) is 5.87. The van der Waals surface area contributed by atoms with Crippen LogP contribution in [-0.2, 0) is 23.7 Å². The van der Waals surface area contributed by atoms with Gasteiger partial charge < -0.3 is 29.2 Å². The molecule has 0 aromatic rings. The van der Waals surface area contributed by atoms with E-state index in [1.807, 2.05) is 12.2 Å². The summed E-state index contributed by atoms with van der Waals surface area (Å²) in [4.78, 5) is 12.7. The minimum absolute atomic E-state index is 0.0846. The van der Waals surface area contributed by atoms with E-state index < -0.39 is 24.3 Å². The Bertz CT molecular complexity index is 906. The third-order valence-corrected chi connectivity index (χ3v) is 8.04. The van der Waals surface area contributed by atoms with Gasteiger partial charge in [-0.25, -0.2) is 4.79 Å². The van der Waals surface area contributed by atoms with Crippen molar-refractivity contribution in [3.8, 4) is 0 Å². The van der Waals surface area contributed by atoms with E-state index in [2.05, 4.69) is 33.4 Å². The zero-order valence-corrected chi connectivity index (χ0v) is 23.2. The van der Waals surface area contributed by atoms with Gasteiger partial charge in [0.15, 0.2) is 0 Å². The molecule has 4 rings (SSSR count). The highest BCUT2D eigenvalue weighted by atomic mass is 16.6. The first kappa shape index (κ1) is 29.2. The van der Waals surface area contributed by atoms with Crippen LogP contribution in [0.2, 0.25) is 0 Å². The predicted octanol–water partition coefficient (Wildman–Crippen LogP) is 4.58. The van der Waals surface area contributed by atoms with Crippen LogP contribution in [0.4, 0.5) is 0 Å². The Balaban J connectivity index is 1.44. The number of epoxide rings is 1. The van der Waals surface area contributed by atoms with Gasteiger partial charge in [-0.15, -0.1) is 0 Å². The summed E-state index contributed by atoms with van der Waals surface area (Å²) in [6.45, 7) is 11.5. The molecular formula is C31H46O7. The highest BCUT2D eigenvalue weighted by Gasteiger charge is 2.46. The molecule has 0 amide bonds. The van der Waals surface area contributed by atoms with Crippen molar-refractivity contribution in [1.29, 1.82) is 0 Å². The number of aliphatic hydroxyl groups excluding tert-OH is 2. The number of rotatable bonds is 3. The molecule has 4 aliphatic heterocycles. The van der Waals surface area contributed by atoms with Crippen molar-refractivity contribution in [1.82, 2.24) is 0 Å². The number of carbonyl (C=O) groups excluding carboxylic acids is 1. The van der Waals surface area contributed by atoms with E-state index in [4.69, 9.17) is 18.9 Å². The molecule has 2 N–H and O–H groups in total. The largest absolute Gasteiger partial charge is 0.456 e. The first-order valence-electron chi connectivity index (χ1n) is 14.3. The molecule has 7 nitrogen and oxygen atoms in total. The zero-order valence-electron chi connectivity index (χ0n) is 23.2. The molecule has 2 saturated heterocycles. The van der Waals surface area contributed by atoms with Crippen molar-refractivity contribution in [2.24, 2.45) is 11.3 Å². The lowest BCUT2D eigenvalue weighted by molar-refractivity contribution is -0.148. The Morgan fingerprint density at radius 1 is 1.16 bits per heavy atom. The molecule has 38 heavy (non-hydrogen) atoms. The smallest absolute Gasteiger partial charge is 0.330 e. The lowest BCUT2D eigenvalue weighted by Gasteiger charge is -2.34. The summed E-state index contributed by atoms with van der Waals surface area (Å²) < 4.78 is 23.6. The second-order valence-corrected chi connectivity index (χ2v) is 12.4. The minimum Gasteiger partial charge on any atom is -0.456 e. The molecule has 2 bridgehead atoms. The molecule has 0 spiro atoms. The van der Waals surface area contributed by atoms with Gasteiger partial charge in [0.25, 0.3) is 0 Å². The van der Waals surface area contributed by atoms with Crippen LogP contribution in [0.5, 0.6) is 0 Å². The van der Waals surface area contributed by atoms with Gasteiger partial charge in [0, 0.05) is 19.1 Å². The second kappa shape index (κ2) is 13.1. The van der Waals surface area contributed by atoms with Crippen molar-refractivity contribution >= 4 is 5.97 Å². The van der Waals surface area contributed by atoms with Gasteiger partial charge in [0.2, 0.25) is 0 Å². The molecule has 6 unspecified atom stereocenters. The summed E-state index contributed by atoms with van der Waals surface area (Å²) in [6, 6.07) is 0. The maximum atomic E-state index is 12.7. The number of esters is 1. The molecule has 9 atom stereocenters. The Kier molecular flexibility index (Phi) is 10.0. The maximum absolute atomic E-state index is 12.7. The van der Waals surface area contributed by atoms with E-state index in [9.17, 15) is 15.0 Å². The molecular weight excluding hydrogens is 484 g/mol. The van der Waals surface area contributed by atoms with Crippen LogP contribution in [0.3, 0.4) is 0 Å². The third-order valence-electron chi connectivity index (χ3n) is 8.04. The van der Waals surface area contributed by atoms with Crippen LogP contribution >= 0.6 is 0 Å². The number of carbonyl (C=O) groups is 1. The summed E-state index contributed by atoms with van der Waals surface area (Å²) in [7, 11) is 0. The lowest BCUT2D eigenvalue weighted by atomic mass is 9.82. The number of hydrogen-bond acceptors (Lipinski definition) is 7. The average molecular weight is 531 g/mol. The summed E-state index contributed by atoms with van der Waals surface area (Å²) in [6.07, 6.45) is 13.5. The molecule has 7 heteroatoms. The normalized spacial score (nSPS) is 40.4. The van der Waals surface area contributed by atoms with E-state index in [0.29, 0.717) is 31.8 Å². The van der Waals surface area contributed by atoms with E-state index in [0.717, 1.165) is 37.7 Å². The Morgan fingerprint density at radius 2 is 1.97 bits per heavy atom. The minimum atomic E-state index is -1.02. The zero-order chi connectivity index (χ0) is 27.3. The first-order valence-corrected chi connectivity index (χ1v) is 14.3. The molecule has 0 aromatic carbocycles. The lowest BCUT2D eigenvalue weighted by Crippen LogP contribution is -2.33. The number of aliphatic hydroxyl groups is 2. The number of hydrogen-bond donors (Lipinski definition) is 2. The Morgan fingerprint density at radius 3 is 2.76 bits per heavy atom. The summed E-state index contributed by atoms with van der Waals surface area (Å²) in [5.41, 5.74) is 1.17. The molecule has 0 aromatic heterocycles. The van der Waals surface area contributed by atoms with E-state index in [1.54, 1.807) is 12.2 Å². The van der Waals surface area contributed by atoms with Gasteiger partial charge in [-0.2, -0.15) is 0 Å².